The summed E-state index contributed by atoms with van der Waals surface area (Å²) in [6.45, 7) is 12.9. The Bertz CT molecular complexity index is 1970. The number of aliphatic hydroxyl groups excluding tert-OH is 2. The number of nitrogens with zero attached hydrogens (tertiary/aromatic N) is 4. The largest absolute Gasteiger partial charge is 1.00 e. The fourth-order valence-electron chi connectivity index (χ4n) is 12.4. The number of esters is 4. The molecule has 0 fully saturated rings. The zero-order valence-electron chi connectivity index (χ0n) is 73.2. The van der Waals surface area contributed by atoms with Crippen molar-refractivity contribution in [3.05, 3.63) is 48.6 Å². The fourth-order valence-corrected chi connectivity index (χ4v) is 12.4. The quantitative estimate of drug-likeness (QED) is 0.0111. The van der Waals surface area contributed by atoms with E-state index in [4.69, 9.17) is 24.1 Å². The Morgan fingerprint density at radius 3 is 0.748 bits per heavy atom. The third kappa shape index (κ3) is 102. The van der Waals surface area contributed by atoms with Gasteiger partial charge in [-0.15, -0.1) is 0 Å². The Hall–Kier alpha value is -2.32. The number of quaternary nitrogens is 1. The van der Waals surface area contributed by atoms with Crippen molar-refractivity contribution in [2.45, 2.75) is 394 Å². The molecule has 0 rings (SSSR count). The summed E-state index contributed by atoms with van der Waals surface area (Å²) in [5.74, 6) is -0.959. The first-order valence-corrected chi connectivity index (χ1v) is 45.0. The van der Waals surface area contributed by atoms with E-state index in [9.17, 15) is 33.9 Å². The van der Waals surface area contributed by atoms with Gasteiger partial charge < -0.3 is 87.1 Å². The normalized spacial score (nSPS) is 11.3. The maximum Gasteiger partial charge on any atom is 0.305 e. The topological polar surface area (TPSA) is 190 Å². The number of allylic oxidation sites excluding steroid dienone is 8. The van der Waals surface area contributed by atoms with E-state index in [0.717, 1.165) is 109 Å². The van der Waals surface area contributed by atoms with E-state index in [0.29, 0.717) is 49.7 Å². The van der Waals surface area contributed by atoms with Gasteiger partial charge in [-0.1, -0.05) is 282 Å². The van der Waals surface area contributed by atoms with Crippen molar-refractivity contribution in [1.82, 2.24) is 14.7 Å². The van der Waals surface area contributed by atoms with Gasteiger partial charge >= 0.3 is 23.9 Å². The molecule has 0 aromatic heterocycles. The average Bonchev–Trinajstić information content (AvgIpc) is 0.903. The van der Waals surface area contributed by atoms with Crippen molar-refractivity contribution in [3.63, 3.8) is 0 Å². The second-order valence-electron chi connectivity index (χ2n) is 31.1. The van der Waals surface area contributed by atoms with Crippen LogP contribution >= 0.6 is 0 Å². The van der Waals surface area contributed by atoms with Crippen LogP contribution in [0.15, 0.2) is 48.6 Å². The first kappa shape index (κ1) is 120. The van der Waals surface area contributed by atoms with Crippen LogP contribution in [-0.2, 0) is 80.4 Å². The van der Waals surface area contributed by atoms with Gasteiger partial charge in [0.15, 0.2) is 0 Å². The molecule has 0 saturated carbocycles. The molecular formula is C92H174Br2N4O12Y-2. The number of likely N-dealkylation sites (N-methyl/N-ethyl adjacent to an activating group) is 2. The molecule has 653 valence electrons. The molecule has 0 atom stereocenters. The van der Waals surface area contributed by atoms with Crippen molar-refractivity contribution in [2.75, 3.05) is 114 Å². The van der Waals surface area contributed by atoms with Crippen LogP contribution in [0.2, 0.25) is 0 Å². The molecule has 0 saturated heterocycles. The Balaban J connectivity index is -0.000000454. The number of carbonyl (C=O) groups is 5. The van der Waals surface area contributed by atoms with Crippen molar-refractivity contribution < 1.29 is 129 Å². The maximum atomic E-state index is 13.2. The van der Waals surface area contributed by atoms with Gasteiger partial charge in [-0.3, -0.25) is 24.0 Å². The fraction of sp³-hybridized carbons (Fsp3) is 0.848. The number of ether oxygens (including phenoxy) is 4. The third-order valence-electron chi connectivity index (χ3n) is 19.7. The van der Waals surface area contributed by atoms with E-state index in [1.165, 1.54) is 236 Å². The molecule has 2 N–H and O–H groups in total. The van der Waals surface area contributed by atoms with Crippen LogP contribution in [0.5, 0.6) is 0 Å². The number of hydrogen-bond acceptors (Lipinski definition) is 13. The number of carbonyl (C=O) groups excluding carboxylic acids is 6. The van der Waals surface area contributed by atoms with Crippen LogP contribution in [-0.4, -0.2) is 179 Å². The molecule has 1 radical (unpaired) electrons. The van der Waals surface area contributed by atoms with Crippen LogP contribution in [0.3, 0.4) is 0 Å². The van der Waals surface area contributed by atoms with E-state index in [2.05, 4.69) is 76.3 Å². The van der Waals surface area contributed by atoms with Gasteiger partial charge in [0.1, 0.15) is 33.0 Å². The van der Waals surface area contributed by atoms with Crippen molar-refractivity contribution in [2.24, 2.45) is 0 Å². The van der Waals surface area contributed by atoms with Gasteiger partial charge in [-0.25, -0.2) is 0 Å². The molecule has 0 aromatic rings. The van der Waals surface area contributed by atoms with Crippen molar-refractivity contribution in [3.8, 4) is 0 Å². The van der Waals surface area contributed by atoms with Crippen LogP contribution < -0.4 is 34.0 Å². The Morgan fingerprint density at radius 2 is 0.541 bits per heavy atom. The smallest absolute Gasteiger partial charge is 0.305 e. The molecular weight excluding hydrogens is 1600 g/mol. The summed E-state index contributed by atoms with van der Waals surface area (Å²) in [5, 5.41) is 17.6. The summed E-state index contributed by atoms with van der Waals surface area (Å²) in [7, 11) is 7.83. The standard InChI is InChI=1S/C47H89N2O6.C41H74NO5.C4H11NO.2BrH.Y/c1-5-7-9-11-13-15-17-19-21-23-25-27-29-31-33-35-46(52)54-43-38-48(45(51)37-40-49(3,4)41-42-50)39-44-55-47(53)36-34-32-30-28-26-24-22-20-18-16-14-12-10-8-6-2;1-3-5-7-9-11-13-15-17-19-21-23-25-27-29-31-33-40(44)46-37-35-42(39-43)36-38-47-41(45)34-32-30-28-26-24-22-20-18-16-14-12-10-8-6-4-2;1-5(2)3-4-6;;;/h19-22,50H,5-18,23-44H2,1-4H3;17-20H,3-16,21-38H2,1-2H3;6H,3-4H2,1-2H3;2*1H;/q+1;-1;;;;/p-2/b21-19-,22-20-;19-17-,20-18-;;;;. The molecule has 0 aliphatic heterocycles. The number of rotatable bonds is 80. The SMILES string of the molecule is CCCCCCCC/C=C\CCCCCCCC(=O)OCCN(CCOC(=O)CCCCCCC/C=C\CCCCCCCC)C(=O)CC[N+](C)(C)CCO.CCCCCCCC/C=C\CCCCCCCC(=O)OCCN([C-]=O)CCOC(=O)CCCCCCC/C=C\CCCCCCCC.CN(C)CCO.[Br-].[Br-].[Y]. The minimum Gasteiger partial charge on any atom is -1.00 e. The van der Waals surface area contributed by atoms with Crippen LogP contribution in [0.25, 0.3) is 0 Å². The van der Waals surface area contributed by atoms with Crippen LogP contribution in [0, 0.1) is 0 Å². The average molecular weight is 1780 g/mol. The molecule has 0 aromatic carbocycles. The number of unbranched alkanes of at least 4 members (excludes halogenated alkanes) is 44. The van der Waals surface area contributed by atoms with Crippen LogP contribution in [0.1, 0.15) is 394 Å². The minimum atomic E-state index is -0.225. The van der Waals surface area contributed by atoms with Crippen LogP contribution in [0.4, 0.5) is 0 Å². The number of amides is 2. The second-order valence-corrected chi connectivity index (χ2v) is 31.1. The van der Waals surface area contributed by atoms with Crippen molar-refractivity contribution >= 4 is 36.2 Å². The molecule has 0 unspecified atom stereocenters. The first-order chi connectivity index (χ1) is 52.7. The molecule has 0 aliphatic carbocycles. The Kier molecular flexibility index (Phi) is 108. The molecule has 111 heavy (non-hydrogen) atoms. The molecule has 2 amide bonds. The Morgan fingerprint density at radius 1 is 0.315 bits per heavy atom. The molecule has 0 heterocycles. The van der Waals surface area contributed by atoms with Gasteiger partial charge in [-0.2, -0.15) is 6.41 Å². The molecule has 0 spiro atoms. The maximum absolute atomic E-state index is 13.2. The van der Waals surface area contributed by atoms with Gasteiger partial charge in [0, 0.05) is 78.0 Å². The van der Waals surface area contributed by atoms with E-state index >= 15 is 0 Å². The van der Waals surface area contributed by atoms with E-state index in [1.807, 2.05) is 39.5 Å². The summed E-state index contributed by atoms with van der Waals surface area (Å²) in [6, 6.07) is 0. The van der Waals surface area contributed by atoms with E-state index in [-0.39, 0.29) is 162 Å². The molecule has 0 aliphatic rings. The summed E-state index contributed by atoms with van der Waals surface area (Å²) in [4.78, 5) is 78.2. The summed E-state index contributed by atoms with van der Waals surface area (Å²) < 4.78 is 22.1. The predicted octanol–water partition coefficient (Wildman–Crippen LogP) is 16.5. The predicted molar refractivity (Wildman–Crippen MR) is 455 cm³/mol. The van der Waals surface area contributed by atoms with Gasteiger partial charge in [0.25, 0.3) is 0 Å². The number of halogens is 2. The first-order valence-electron chi connectivity index (χ1n) is 45.0. The van der Waals surface area contributed by atoms with Gasteiger partial charge in [0.05, 0.1) is 53.4 Å². The minimum absolute atomic E-state index is 0. The second kappa shape index (κ2) is 100. The Labute approximate surface area is 730 Å². The molecule has 16 nitrogen and oxygen atoms in total. The van der Waals surface area contributed by atoms with Gasteiger partial charge in [-0.05, 0) is 143 Å². The van der Waals surface area contributed by atoms with E-state index in [1.54, 1.807) is 4.90 Å². The monoisotopic (exact) mass is 1770 g/mol. The zero-order valence-corrected chi connectivity index (χ0v) is 79.2. The molecule has 19 heteroatoms. The summed E-state index contributed by atoms with van der Waals surface area (Å²) in [6.07, 6.45) is 85.8. The number of aliphatic hydroxyl groups is 2. The molecule has 0 bridgehead atoms. The van der Waals surface area contributed by atoms with Gasteiger partial charge in [0.2, 0.25) is 5.91 Å². The van der Waals surface area contributed by atoms with E-state index < -0.39 is 0 Å². The van der Waals surface area contributed by atoms with Crippen molar-refractivity contribution in [1.29, 1.82) is 0 Å². The summed E-state index contributed by atoms with van der Waals surface area (Å²) in [5.41, 5.74) is 0. The zero-order chi connectivity index (χ0) is 79.8. The number of hydrogen-bond donors (Lipinski definition) is 2. The summed E-state index contributed by atoms with van der Waals surface area (Å²) >= 11 is 0. The third-order valence-corrected chi connectivity index (χ3v) is 19.7.